The summed E-state index contributed by atoms with van der Waals surface area (Å²) in [5.74, 6) is -0.909. The van der Waals surface area contributed by atoms with E-state index < -0.39 is 11.6 Å². The molecule has 3 nitrogen and oxygen atoms in total. The van der Waals surface area contributed by atoms with Crippen LogP contribution in [0.25, 0.3) is 11.1 Å². The van der Waals surface area contributed by atoms with E-state index in [0.29, 0.717) is 10.6 Å². The van der Waals surface area contributed by atoms with Crippen molar-refractivity contribution in [2.45, 2.75) is 25.4 Å². The Morgan fingerprint density at radius 3 is 2.00 bits per heavy atom. The van der Waals surface area contributed by atoms with Gasteiger partial charge in [0.05, 0.1) is 5.60 Å². The number of aliphatic carboxylic acids is 1. The topological polar surface area (TPSA) is 57.5 Å². The van der Waals surface area contributed by atoms with Crippen LogP contribution in [0.2, 0.25) is 5.02 Å². The van der Waals surface area contributed by atoms with Crippen LogP contribution in [-0.4, -0.2) is 16.2 Å². The molecule has 0 aliphatic carbocycles. The number of hydrogen-bond donors (Lipinski definition) is 2. The molecule has 0 spiro atoms. The summed E-state index contributed by atoms with van der Waals surface area (Å²) in [5, 5.41) is 19.8. The molecular weight excluding hydrogens is 288 g/mol. The third-order valence-corrected chi connectivity index (χ3v) is 3.76. The standard InChI is InChI=1S/C17H17ClO3/c1-17(21,11-10-16(19)20)14-6-2-12(3-7-14)13-4-8-15(18)9-5-13/h2-9,21H,10-11H2,1H3,(H,19,20). The summed E-state index contributed by atoms with van der Waals surface area (Å²) >= 11 is 5.86. The van der Waals surface area contributed by atoms with Crippen molar-refractivity contribution < 1.29 is 15.0 Å². The zero-order chi connectivity index (χ0) is 15.5. The van der Waals surface area contributed by atoms with Crippen LogP contribution in [-0.2, 0) is 10.4 Å². The van der Waals surface area contributed by atoms with Crippen molar-refractivity contribution in [2.24, 2.45) is 0 Å². The maximum absolute atomic E-state index is 10.6. The van der Waals surface area contributed by atoms with E-state index in [1.165, 1.54) is 0 Å². The van der Waals surface area contributed by atoms with E-state index in [9.17, 15) is 9.90 Å². The van der Waals surface area contributed by atoms with E-state index in [-0.39, 0.29) is 12.8 Å². The van der Waals surface area contributed by atoms with Crippen molar-refractivity contribution in [2.75, 3.05) is 0 Å². The van der Waals surface area contributed by atoms with Crippen LogP contribution in [0.3, 0.4) is 0 Å². The van der Waals surface area contributed by atoms with Crippen LogP contribution in [0.5, 0.6) is 0 Å². The fraction of sp³-hybridized carbons (Fsp3) is 0.235. The summed E-state index contributed by atoms with van der Waals surface area (Å²) < 4.78 is 0. The van der Waals surface area contributed by atoms with Gasteiger partial charge in [0, 0.05) is 11.4 Å². The molecule has 0 radical (unpaired) electrons. The fourth-order valence-corrected chi connectivity index (χ4v) is 2.28. The Hall–Kier alpha value is -1.84. The monoisotopic (exact) mass is 304 g/mol. The minimum atomic E-state index is -1.14. The lowest BCUT2D eigenvalue weighted by Gasteiger charge is -2.23. The number of carboxylic acid groups (broad SMARTS) is 1. The third kappa shape index (κ3) is 4.06. The molecule has 0 amide bonds. The number of aliphatic hydroxyl groups is 1. The van der Waals surface area contributed by atoms with E-state index in [4.69, 9.17) is 16.7 Å². The maximum atomic E-state index is 10.6. The number of hydrogen-bond acceptors (Lipinski definition) is 2. The van der Waals surface area contributed by atoms with Crippen LogP contribution in [0.15, 0.2) is 48.5 Å². The van der Waals surface area contributed by atoms with Gasteiger partial charge in [-0.25, -0.2) is 0 Å². The van der Waals surface area contributed by atoms with Gasteiger partial charge < -0.3 is 10.2 Å². The Kier molecular flexibility index (Phi) is 4.66. The number of carbonyl (C=O) groups is 1. The van der Waals surface area contributed by atoms with Crippen LogP contribution < -0.4 is 0 Å². The molecule has 2 N–H and O–H groups in total. The Morgan fingerprint density at radius 2 is 1.52 bits per heavy atom. The molecule has 4 heteroatoms. The molecule has 2 aromatic carbocycles. The number of rotatable bonds is 5. The zero-order valence-corrected chi connectivity index (χ0v) is 12.5. The van der Waals surface area contributed by atoms with Gasteiger partial charge in [-0.05, 0) is 42.2 Å². The minimum Gasteiger partial charge on any atom is -0.481 e. The first-order chi connectivity index (χ1) is 9.88. The van der Waals surface area contributed by atoms with E-state index in [1.54, 1.807) is 6.92 Å². The lowest BCUT2D eigenvalue weighted by Crippen LogP contribution is -2.22. The first kappa shape index (κ1) is 15.5. The van der Waals surface area contributed by atoms with Gasteiger partial charge in [0.1, 0.15) is 0 Å². The molecule has 0 bridgehead atoms. The predicted molar refractivity (Wildman–Crippen MR) is 83.3 cm³/mol. The number of halogens is 1. The minimum absolute atomic E-state index is 0.0636. The van der Waals surface area contributed by atoms with Crippen LogP contribution in [0, 0.1) is 0 Å². The summed E-state index contributed by atoms with van der Waals surface area (Å²) in [6.07, 6.45) is 0.120. The third-order valence-electron chi connectivity index (χ3n) is 3.51. The molecule has 2 rings (SSSR count). The normalized spacial score (nSPS) is 13.7. The molecule has 21 heavy (non-hydrogen) atoms. The summed E-state index contributed by atoms with van der Waals surface area (Å²) in [6.45, 7) is 1.63. The van der Waals surface area contributed by atoms with Gasteiger partial charge >= 0.3 is 5.97 Å². The van der Waals surface area contributed by atoms with Gasteiger partial charge in [0.25, 0.3) is 0 Å². The van der Waals surface area contributed by atoms with Crippen molar-refractivity contribution in [1.29, 1.82) is 0 Å². The molecule has 110 valence electrons. The average molecular weight is 305 g/mol. The lowest BCUT2D eigenvalue weighted by molar-refractivity contribution is -0.138. The molecule has 0 heterocycles. The largest absolute Gasteiger partial charge is 0.481 e. The summed E-state index contributed by atoms with van der Waals surface area (Å²) in [4.78, 5) is 10.6. The van der Waals surface area contributed by atoms with Gasteiger partial charge in [-0.2, -0.15) is 0 Å². The molecular formula is C17H17ClO3. The molecule has 0 saturated heterocycles. The van der Waals surface area contributed by atoms with Gasteiger partial charge in [-0.3, -0.25) is 4.79 Å². The van der Waals surface area contributed by atoms with Crippen molar-refractivity contribution in [3.05, 3.63) is 59.1 Å². The Bertz CT molecular complexity index is 615. The molecule has 0 aliphatic heterocycles. The summed E-state index contributed by atoms with van der Waals surface area (Å²) in [5.41, 5.74) is 1.62. The van der Waals surface area contributed by atoms with Crippen LogP contribution in [0.1, 0.15) is 25.3 Å². The zero-order valence-electron chi connectivity index (χ0n) is 11.7. The van der Waals surface area contributed by atoms with E-state index >= 15 is 0 Å². The van der Waals surface area contributed by atoms with Crippen molar-refractivity contribution in [3.8, 4) is 11.1 Å². The Balaban J connectivity index is 2.18. The first-order valence-corrected chi connectivity index (χ1v) is 7.07. The molecule has 1 atom stereocenters. The highest BCUT2D eigenvalue weighted by Gasteiger charge is 2.23. The Morgan fingerprint density at radius 1 is 1.05 bits per heavy atom. The van der Waals surface area contributed by atoms with Gasteiger partial charge in [-0.15, -0.1) is 0 Å². The second kappa shape index (κ2) is 6.29. The predicted octanol–water partition coefficient (Wildman–Crippen LogP) is 4.08. The highest BCUT2D eigenvalue weighted by Crippen LogP contribution is 2.29. The van der Waals surface area contributed by atoms with E-state index in [2.05, 4.69) is 0 Å². The molecule has 0 saturated carbocycles. The second-order valence-electron chi connectivity index (χ2n) is 5.25. The van der Waals surface area contributed by atoms with Crippen molar-refractivity contribution in [1.82, 2.24) is 0 Å². The molecule has 1 unspecified atom stereocenters. The average Bonchev–Trinajstić information content (AvgIpc) is 2.46. The second-order valence-corrected chi connectivity index (χ2v) is 5.69. The highest BCUT2D eigenvalue weighted by molar-refractivity contribution is 6.30. The van der Waals surface area contributed by atoms with Gasteiger partial charge in [-0.1, -0.05) is 48.0 Å². The number of benzene rings is 2. The van der Waals surface area contributed by atoms with E-state index in [0.717, 1.165) is 11.1 Å². The van der Waals surface area contributed by atoms with Gasteiger partial charge in [0.15, 0.2) is 0 Å². The van der Waals surface area contributed by atoms with Crippen molar-refractivity contribution >= 4 is 17.6 Å². The van der Waals surface area contributed by atoms with E-state index in [1.807, 2.05) is 48.5 Å². The first-order valence-electron chi connectivity index (χ1n) is 6.69. The quantitative estimate of drug-likeness (QED) is 0.875. The lowest BCUT2D eigenvalue weighted by atomic mass is 9.90. The summed E-state index contributed by atoms with van der Waals surface area (Å²) in [6, 6.07) is 15.0. The number of carboxylic acids is 1. The molecule has 0 aliphatic rings. The highest BCUT2D eigenvalue weighted by atomic mass is 35.5. The van der Waals surface area contributed by atoms with Crippen molar-refractivity contribution in [3.63, 3.8) is 0 Å². The van der Waals surface area contributed by atoms with Crippen LogP contribution >= 0.6 is 11.6 Å². The molecule has 2 aromatic rings. The van der Waals surface area contributed by atoms with Crippen LogP contribution in [0.4, 0.5) is 0 Å². The summed E-state index contributed by atoms with van der Waals surface area (Å²) in [7, 11) is 0. The SMILES string of the molecule is CC(O)(CCC(=O)O)c1ccc(-c2ccc(Cl)cc2)cc1. The smallest absolute Gasteiger partial charge is 0.303 e. The molecule has 0 aromatic heterocycles. The maximum Gasteiger partial charge on any atom is 0.303 e. The fourth-order valence-electron chi connectivity index (χ4n) is 2.16. The van der Waals surface area contributed by atoms with Gasteiger partial charge in [0.2, 0.25) is 0 Å². The molecule has 0 fully saturated rings. The Labute approximate surface area is 128 Å².